The van der Waals surface area contributed by atoms with Crippen LogP contribution in [0.5, 0.6) is 0 Å². The first-order valence-corrected chi connectivity index (χ1v) is 6.62. The molecule has 0 unspecified atom stereocenters. The first kappa shape index (κ1) is 13.5. The number of carbonyl (C=O) groups excluding carboxylic acids is 1. The van der Waals surface area contributed by atoms with E-state index in [9.17, 15) is 4.79 Å². The standard InChI is InChI=1S/C13H15N5O3/c1-9-6-10(17-21-9)13(19)16-11-7-12(15-8-14-11)18-2-4-20-5-3-18/h6-8H,2-5H2,1H3,(H,14,15,16,19). The van der Waals surface area contributed by atoms with Gasteiger partial charge in [-0.15, -0.1) is 0 Å². The highest BCUT2D eigenvalue weighted by Gasteiger charge is 2.15. The molecule has 1 fully saturated rings. The molecule has 2 aromatic rings. The van der Waals surface area contributed by atoms with Crippen molar-refractivity contribution < 1.29 is 14.1 Å². The molecule has 0 saturated carbocycles. The van der Waals surface area contributed by atoms with Crippen LogP contribution in [0.2, 0.25) is 0 Å². The van der Waals surface area contributed by atoms with Crippen LogP contribution in [-0.4, -0.2) is 47.3 Å². The third-order valence-electron chi connectivity index (χ3n) is 3.09. The molecule has 0 spiro atoms. The second-order valence-electron chi connectivity index (χ2n) is 4.64. The summed E-state index contributed by atoms with van der Waals surface area (Å²) in [6, 6.07) is 3.30. The van der Waals surface area contributed by atoms with E-state index in [0.29, 0.717) is 24.8 Å². The van der Waals surface area contributed by atoms with Crippen molar-refractivity contribution in [3.63, 3.8) is 0 Å². The molecule has 1 N–H and O–H groups in total. The number of rotatable bonds is 3. The van der Waals surface area contributed by atoms with Gasteiger partial charge in [-0.3, -0.25) is 4.79 Å². The van der Waals surface area contributed by atoms with E-state index in [0.717, 1.165) is 18.9 Å². The van der Waals surface area contributed by atoms with Gasteiger partial charge in [-0.25, -0.2) is 9.97 Å². The molecule has 1 saturated heterocycles. The molecule has 1 aliphatic heterocycles. The van der Waals surface area contributed by atoms with E-state index >= 15 is 0 Å². The fraction of sp³-hybridized carbons (Fsp3) is 0.385. The lowest BCUT2D eigenvalue weighted by Gasteiger charge is -2.27. The lowest BCUT2D eigenvalue weighted by Crippen LogP contribution is -2.36. The number of amides is 1. The fourth-order valence-corrected chi connectivity index (χ4v) is 2.03. The van der Waals surface area contributed by atoms with Crippen molar-refractivity contribution in [2.75, 3.05) is 36.5 Å². The van der Waals surface area contributed by atoms with E-state index in [1.54, 1.807) is 19.1 Å². The number of carbonyl (C=O) groups is 1. The number of hydrogen-bond acceptors (Lipinski definition) is 7. The van der Waals surface area contributed by atoms with Crippen molar-refractivity contribution >= 4 is 17.5 Å². The third-order valence-corrected chi connectivity index (χ3v) is 3.09. The summed E-state index contributed by atoms with van der Waals surface area (Å²) in [5, 5.41) is 6.35. The van der Waals surface area contributed by atoms with Crippen molar-refractivity contribution in [3.05, 3.63) is 29.9 Å². The molecular formula is C13H15N5O3. The molecule has 2 aromatic heterocycles. The van der Waals surface area contributed by atoms with Gasteiger partial charge in [0, 0.05) is 25.2 Å². The number of ether oxygens (including phenoxy) is 1. The topological polar surface area (TPSA) is 93.4 Å². The van der Waals surface area contributed by atoms with Gasteiger partial charge in [0.1, 0.15) is 23.7 Å². The summed E-state index contributed by atoms with van der Waals surface area (Å²) < 4.78 is 10.2. The van der Waals surface area contributed by atoms with Crippen LogP contribution >= 0.6 is 0 Å². The number of anilines is 2. The Balaban J connectivity index is 1.72. The lowest BCUT2D eigenvalue weighted by atomic mass is 10.3. The van der Waals surface area contributed by atoms with Crippen LogP contribution in [0.15, 0.2) is 23.0 Å². The minimum atomic E-state index is -0.363. The summed E-state index contributed by atoms with van der Waals surface area (Å²) in [6.45, 7) is 4.61. The van der Waals surface area contributed by atoms with Gasteiger partial charge in [-0.2, -0.15) is 0 Å². The van der Waals surface area contributed by atoms with Gasteiger partial charge >= 0.3 is 0 Å². The van der Waals surface area contributed by atoms with E-state index in [1.165, 1.54) is 6.33 Å². The molecule has 0 aromatic carbocycles. The maximum atomic E-state index is 12.0. The summed E-state index contributed by atoms with van der Waals surface area (Å²) in [6.07, 6.45) is 1.43. The average Bonchev–Trinajstić information content (AvgIpc) is 2.95. The van der Waals surface area contributed by atoms with Crippen LogP contribution in [0.4, 0.5) is 11.6 Å². The molecule has 0 radical (unpaired) electrons. The number of nitrogens with one attached hydrogen (secondary N) is 1. The van der Waals surface area contributed by atoms with E-state index in [1.807, 2.05) is 0 Å². The predicted octanol–water partition coefficient (Wildman–Crippen LogP) is 0.862. The molecule has 0 bridgehead atoms. The molecule has 21 heavy (non-hydrogen) atoms. The Labute approximate surface area is 121 Å². The van der Waals surface area contributed by atoms with Gasteiger partial charge in [0.2, 0.25) is 0 Å². The van der Waals surface area contributed by atoms with Crippen LogP contribution in [0.25, 0.3) is 0 Å². The molecule has 110 valence electrons. The summed E-state index contributed by atoms with van der Waals surface area (Å²) in [5.41, 5.74) is 0.221. The van der Waals surface area contributed by atoms with E-state index in [2.05, 4.69) is 25.3 Å². The molecule has 0 atom stereocenters. The molecule has 8 nitrogen and oxygen atoms in total. The maximum Gasteiger partial charge on any atom is 0.279 e. The summed E-state index contributed by atoms with van der Waals surface area (Å²) in [7, 11) is 0. The Hall–Kier alpha value is -2.48. The van der Waals surface area contributed by atoms with Crippen LogP contribution in [0, 0.1) is 6.92 Å². The van der Waals surface area contributed by atoms with Gasteiger partial charge in [0.05, 0.1) is 13.2 Å². The Kier molecular flexibility index (Phi) is 3.78. The highest BCUT2D eigenvalue weighted by Crippen LogP contribution is 2.16. The lowest BCUT2D eigenvalue weighted by molar-refractivity contribution is 0.101. The van der Waals surface area contributed by atoms with Crippen molar-refractivity contribution in [3.8, 4) is 0 Å². The highest BCUT2D eigenvalue weighted by atomic mass is 16.5. The fourth-order valence-electron chi connectivity index (χ4n) is 2.03. The Morgan fingerprint density at radius 3 is 2.81 bits per heavy atom. The molecule has 3 rings (SSSR count). The molecule has 0 aliphatic carbocycles. The molecular weight excluding hydrogens is 274 g/mol. The van der Waals surface area contributed by atoms with Crippen LogP contribution in [0.3, 0.4) is 0 Å². The van der Waals surface area contributed by atoms with Crippen LogP contribution in [-0.2, 0) is 4.74 Å². The zero-order valence-corrected chi connectivity index (χ0v) is 11.6. The quantitative estimate of drug-likeness (QED) is 0.895. The molecule has 3 heterocycles. The Morgan fingerprint density at radius 1 is 1.29 bits per heavy atom. The van der Waals surface area contributed by atoms with Gasteiger partial charge < -0.3 is 19.5 Å². The summed E-state index contributed by atoms with van der Waals surface area (Å²) in [5.74, 6) is 1.41. The zero-order valence-electron chi connectivity index (χ0n) is 11.6. The van der Waals surface area contributed by atoms with Gasteiger partial charge in [0.15, 0.2) is 5.69 Å². The maximum absolute atomic E-state index is 12.0. The van der Waals surface area contributed by atoms with Crippen molar-refractivity contribution in [1.29, 1.82) is 0 Å². The first-order valence-electron chi connectivity index (χ1n) is 6.62. The average molecular weight is 289 g/mol. The monoisotopic (exact) mass is 289 g/mol. The number of morpholine rings is 1. The van der Waals surface area contributed by atoms with Crippen LogP contribution < -0.4 is 10.2 Å². The minimum Gasteiger partial charge on any atom is -0.378 e. The van der Waals surface area contributed by atoms with E-state index in [-0.39, 0.29) is 11.6 Å². The van der Waals surface area contributed by atoms with Gasteiger partial charge in [0.25, 0.3) is 5.91 Å². The van der Waals surface area contributed by atoms with E-state index < -0.39 is 0 Å². The second kappa shape index (κ2) is 5.88. The van der Waals surface area contributed by atoms with Gasteiger partial charge in [-0.05, 0) is 6.92 Å². The smallest absolute Gasteiger partial charge is 0.279 e. The van der Waals surface area contributed by atoms with Gasteiger partial charge in [-0.1, -0.05) is 5.16 Å². The third kappa shape index (κ3) is 3.16. The molecule has 1 aliphatic rings. The number of aromatic nitrogens is 3. The Morgan fingerprint density at radius 2 is 2.10 bits per heavy atom. The molecule has 8 heteroatoms. The summed E-state index contributed by atoms with van der Waals surface area (Å²) in [4.78, 5) is 22.3. The summed E-state index contributed by atoms with van der Waals surface area (Å²) >= 11 is 0. The van der Waals surface area contributed by atoms with Crippen molar-refractivity contribution in [2.45, 2.75) is 6.92 Å². The number of nitrogens with zero attached hydrogens (tertiary/aromatic N) is 4. The van der Waals surface area contributed by atoms with Crippen LogP contribution in [0.1, 0.15) is 16.2 Å². The second-order valence-corrected chi connectivity index (χ2v) is 4.64. The van der Waals surface area contributed by atoms with Crippen molar-refractivity contribution in [1.82, 2.24) is 15.1 Å². The largest absolute Gasteiger partial charge is 0.378 e. The number of aryl methyl sites for hydroxylation is 1. The SMILES string of the molecule is Cc1cc(C(=O)Nc2cc(N3CCOCC3)ncn2)no1. The molecule has 1 amide bonds. The number of hydrogen-bond donors (Lipinski definition) is 1. The van der Waals surface area contributed by atoms with E-state index in [4.69, 9.17) is 9.26 Å². The predicted molar refractivity (Wildman–Crippen MR) is 74.3 cm³/mol. The first-order chi connectivity index (χ1) is 10.2. The normalized spacial score (nSPS) is 15.0. The zero-order chi connectivity index (χ0) is 14.7. The Bertz CT molecular complexity index is 636. The van der Waals surface area contributed by atoms with Crippen molar-refractivity contribution in [2.24, 2.45) is 0 Å². The highest BCUT2D eigenvalue weighted by molar-refractivity contribution is 6.02. The minimum absolute atomic E-state index is 0.221.